The van der Waals surface area contributed by atoms with Gasteiger partial charge in [-0.1, -0.05) is 11.6 Å². The van der Waals surface area contributed by atoms with Crippen LogP contribution < -0.4 is 16.2 Å². The summed E-state index contributed by atoms with van der Waals surface area (Å²) in [6.07, 6.45) is 3.53. The number of hydrogen-bond acceptors (Lipinski definition) is 4. The summed E-state index contributed by atoms with van der Waals surface area (Å²) in [6, 6.07) is 1.67. The minimum absolute atomic E-state index is 0.117. The third-order valence-corrected chi connectivity index (χ3v) is 2.90. The van der Waals surface area contributed by atoms with Crippen LogP contribution in [0, 0.1) is 5.92 Å². The van der Waals surface area contributed by atoms with Crippen LogP contribution in [0.15, 0.2) is 12.3 Å². The number of carbonyl (C=O) groups excluding carboxylic acids is 1. The van der Waals surface area contributed by atoms with Crippen molar-refractivity contribution < 1.29 is 4.79 Å². The Labute approximate surface area is 98.6 Å². The molecular weight excluding hydrogens is 228 g/mol. The van der Waals surface area contributed by atoms with E-state index in [9.17, 15) is 4.79 Å². The van der Waals surface area contributed by atoms with E-state index in [0.717, 1.165) is 12.8 Å². The van der Waals surface area contributed by atoms with Crippen molar-refractivity contribution in [3.8, 4) is 0 Å². The summed E-state index contributed by atoms with van der Waals surface area (Å²) in [6.45, 7) is 0. The zero-order valence-corrected chi connectivity index (χ0v) is 9.66. The zero-order valence-electron chi connectivity index (χ0n) is 8.90. The molecule has 0 aromatic carbocycles. The fourth-order valence-corrected chi connectivity index (χ4v) is 1.66. The lowest BCUT2D eigenvalue weighted by Gasteiger charge is -2.17. The van der Waals surface area contributed by atoms with Crippen LogP contribution in [0.3, 0.4) is 0 Å². The molecule has 1 amide bonds. The van der Waals surface area contributed by atoms with Crippen LogP contribution in [-0.2, 0) is 4.79 Å². The molecule has 0 atom stereocenters. The summed E-state index contributed by atoms with van der Waals surface area (Å²) in [5.41, 5.74) is 3.06. The number of nitrogens with one attached hydrogen (secondary N) is 1. The average Bonchev–Trinajstić information content (AvgIpc) is 3.11. The largest absolute Gasteiger partial charge is 0.314 e. The second-order valence-electron chi connectivity index (χ2n) is 3.84. The van der Waals surface area contributed by atoms with E-state index in [1.807, 2.05) is 0 Å². The van der Waals surface area contributed by atoms with Crippen LogP contribution in [-0.4, -0.2) is 17.9 Å². The molecule has 1 aromatic heterocycles. The molecule has 1 heterocycles. The van der Waals surface area contributed by atoms with Crippen molar-refractivity contribution in [1.29, 1.82) is 0 Å². The highest BCUT2D eigenvalue weighted by Gasteiger charge is 2.32. The maximum absolute atomic E-state index is 11.8. The van der Waals surface area contributed by atoms with Gasteiger partial charge in [0.15, 0.2) is 5.82 Å². The Hall–Kier alpha value is -1.33. The van der Waals surface area contributed by atoms with Crippen LogP contribution in [0.1, 0.15) is 12.8 Å². The van der Waals surface area contributed by atoms with Crippen molar-refractivity contribution in [1.82, 2.24) is 4.98 Å². The van der Waals surface area contributed by atoms with Crippen LogP contribution in [0.25, 0.3) is 0 Å². The van der Waals surface area contributed by atoms with E-state index in [1.54, 1.807) is 24.2 Å². The predicted octanol–water partition coefficient (Wildman–Crippen LogP) is 1.39. The lowest BCUT2D eigenvalue weighted by molar-refractivity contribution is -0.119. The summed E-state index contributed by atoms with van der Waals surface area (Å²) in [5.74, 6) is 5.91. The highest BCUT2D eigenvalue weighted by atomic mass is 35.5. The van der Waals surface area contributed by atoms with E-state index in [1.165, 1.54) is 0 Å². The Morgan fingerprint density at radius 3 is 2.88 bits per heavy atom. The van der Waals surface area contributed by atoms with Gasteiger partial charge in [-0.3, -0.25) is 4.79 Å². The first-order valence-corrected chi connectivity index (χ1v) is 5.41. The Morgan fingerprint density at radius 2 is 2.38 bits per heavy atom. The zero-order chi connectivity index (χ0) is 11.7. The Kier molecular flexibility index (Phi) is 2.98. The number of hydrazine groups is 1. The summed E-state index contributed by atoms with van der Waals surface area (Å²) in [7, 11) is 1.73. The Morgan fingerprint density at radius 1 is 1.69 bits per heavy atom. The smallest absolute Gasteiger partial charge is 0.229 e. The molecule has 0 saturated heterocycles. The molecule has 1 fully saturated rings. The van der Waals surface area contributed by atoms with E-state index in [-0.39, 0.29) is 11.8 Å². The molecule has 2 rings (SSSR count). The highest BCUT2D eigenvalue weighted by molar-refractivity contribution is 6.33. The first-order chi connectivity index (χ1) is 7.63. The lowest BCUT2D eigenvalue weighted by atomic mass is 10.3. The number of carbonyl (C=O) groups is 1. The van der Waals surface area contributed by atoms with Crippen molar-refractivity contribution in [2.45, 2.75) is 12.8 Å². The standard InChI is InChI=1S/C10H13ClN4O/c1-15(10(16)6-2-3-6)7-4-8(11)9(14-12)13-5-7/h4-6H,2-3,12H2,1H3,(H,13,14). The quantitative estimate of drug-likeness (QED) is 0.619. The molecule has 0 radical (unpaired) electrons. The van der Waals surface area contributed by atoms with Crippen LogP contribution in [0.4, 0.5) is 11.5 Å². The molecule has 0 bridgehead atoms. The van der Waals surface area contributed by atoms with Gasteiger partial charge in [0.25, 0.3) is 0 Å². The van der Waals surface area contributed by atoms with Crippen LogP contribution in [0.5, 0.6) is 0 Å². The molecule has 86 valence electrons. The number of nitrogens with zero attached hydrogens (tertiary/aromatic N) is 2. The van der Waals surface area contributed by atoms with E-state index < -0.39 is 0 Å². The molecule has 6 heteroatoms. The molecule has 0 unspecified atom stereocenters. The summed E-state index contributed by atoms with van der Waals surface area (Å²) in [5, 5.41) is 0.399. The Balaban J connectivity index is 2.19. The molecule has 16 heavy (non-hydrogen) atoms. The second-order valence-corrected chi connectivity index (χ2v) is 4.25. The summed E-state index contributed by atoms with van der Waals surface area (Å²) >= 11 is 5.93. The van der Waals surface area contributed by atoms with Crippen molar-refractivity contribution in [3.05, 3.63) is 17.3 Å². The van der Waals surface area contributed by atoms with Gasteiger partial charge in [-0.25, -0.2) is 10.8 Å². The topological polar surface area (TPSA) is 71.2 Å². The van der Waals surface area contributed by atoms with E-state index in [4.69, 9.17) is 17.4 Å². The minimum Gasteiger partial charge on any atom is -0.314 e. The summed E-state index contributed by atoms with van der Waals surface area (Å²) in [4.78, 5) is 17.4. The molecule has 1 saturated carbocycles. The van der Waals surface area contributed by atoms with Crippen LogP contribution in [0.2, 0.25) is 5.02 Å². The molecule has 0 aliphatic heterocycles. The average molecular weight is 241 g/mol. The predicted molar refractivity (Wildman–Crippen MR) is 63.2 cm³/mol. The molecule has 0 spiro atoms. The van der Waals surface area contributed by atoms with Gasteiger partial charge in [-0.15, -0.1) is 0 Å². The van der Waals surface area contributed by atoms with Crippen molar-refractivity contribution in [2.75, 3.05) is 17.4 Å². The third kappa shape index (κ3) is 2.10. The van der Waals surface area contributed by atoms with Gasteiger partial charge in [0, 0.05) is 13.0 Å². The number of pyridine rings is 1. The second kappa shape index (κ2) is 4.27. The first kappa shape index (κ1) is 11.2. The number of amides is 1. The van der Waals surface area contributed by atoms with E-state index >= 15 is 0 Å². The fraction of sp³-hybridized carbons (Fsp3) is 0.400. The SMILES string of the molecule is CN(C(=O)C1CC1)c1cnc(NN)c(Cl)c1. The highest BCUT2D eigenvalue weighted by Crippen LogP contribution is 2.33. The van der Waals surface area contributed by atoms with Gasteiger partial charge in [-0.05, 0) is 18.9 Å². The lowest BCUT2D eigenvalue weighted by Crippen LogP contribution is -2.27. The fourth-order valence-electron chi connectivity index (χ4n) is 1.45. The van der Waals surface area contributed by atoms with Gasteiger partial charge in [0.05, 0.1) is 16.9 Å². The number of hydrogen-bond donors (Lipinski definition) is 2. The maximum atomic E-state index is 11.8. The first-order valence-electron chi connectivity index (χ1n) is 5.03. The third-order valence-electron chi connectivity index (χ3n) is 2.61. The Bertz CT molecular complexity index is 419. The number of nitrogens with two attached hydrogens (primary N) is 1. The summed E-state index contributed by atoms with van der Waals surface area (Å²) < 4.78 is 0. The molecule has 1 aromatic rings. The van der Waals surface area contributed by atoms with Crippen molar-refractivity contribution >= 4 is 29.0 Å². The van der Waals surface area contributed by atoms with E-state index in [2.05, 4.69) is 10.4 Å². The van der Waals surface area contributed by atoms with Gasteiger partial charge in [0.2, 0.25) is 5.91 Å². The van der Waals surface area contributed by atoms with Crippen molar-refractivity contribution in [2.24, 2.45) is 11.8 Å². The molecule has 3 N–H and O–H groups in total. The number of halogens is 1. The molecule has 1 aliphatic rings. The maximum Gasteiger partial charge on any atom is 0.229 e. The van der Waals surface area contributed by atoms with Gasteiger partial charge >= 0.3 is 0 Å². The monoisotopic (exact) mass is 240 g/mol. The molecule has 5 nitrogen and oxygen atoms in total. The molecular formula is C10H13ClN4O. The molecule has 1 aliphatic carbocycles. The van der Waals surface area contributed by atoms with Crippen molar-refractivity contribution in [3.63, 3.8) is 0 Å². The van der Waals surface area contributed by atoms with Crippen LogP contribution >= 0.6 is 11.6 Å². The van der Waals surface area contributed by atoms with Gasteiger partial charge in [0.1, 0.15) is 0 Å². The number of nitrogen functional groups attached to an aromatic ring is 1. The van der Waals surface area contributed by atoms with E-state index in [0.29, 0.717) is 16.5 Å². The van der Waals surface area contributed by atoms with Gasteiger partial charge < -0.3 is 10.3 Å². The van der Waals surface area contributed by atoms with Gasteiger partial charge in [-0.2, -0.15) is 0 Å². The normalized spacial score (nSPS) is 14.7. The number of rotatable bonds is 3. The number of anilines is 2. The minimum atomic E-state index is 0.117. The number of aromatic nitrogens is 1.